The van der Waals surface area contributed by atoms with Crippen LogP contribution >= 0.6 is 0 Å². The monoisotopic (exact) mass is 222 g/mol. The maximum absolute atomic E-state index is 6.14. The van der Waals surface area contributed by atoms with Gasteiger partial charge in [0.1, 0.15) is 0 Å². The van der Waals surface area contributed by atoms with Crippen LogP contribution in [0.1, 0.15) is 64.2 Å². The van der Waals surface area contributed by atoms with Crippen molar-refractivity contribution in [3.8, 4) is 0 Å². The zero-order chi connectivity index (χ0) is 10.8. The van der Waals surface area contributed by atoms with Crippen LogP contribution in [0.2, 0.25) is 0 Å². The number of hydrogen-bond donors (Lipinski definition) is 0. The molecule has 3 atom stereocenters. The van der Waals surface area contributed by atoms with Crippen molar-refractivity contribution in [3.05, 3.63) is 0 Å². The zero-order valence-corrected chi connectivity index (χ0v) is 10.5. The van der Waals surface area contributed by atoms with Crippen LogP contribution in [0, 0.1) is 17.8 Å². The maximum atomic E-state index is 6.14. The van der Waals surface area contributed by atoms with E-state index in [-0.39, 0.29) is 0 Å². The molecule has 0 saturated heterocycles. The van der Waals surface area contributed by atoms with Crippen LogP contribution in [0.15, 0.2) is 0 Å². The van der Waals surface area contributed by atoms with Gasteiger partial charge in [-0.1, -0.05) is 32.1 Å². The average molecular weight is 222 g/mol. The summed E-state index contributed by atoms with van der Waals surface area (Å²) in [7, 11) is 0. The molecule has 0 radical (unpaired) electrons. The Balaban J connectivity index is 1.34. The highest BCUT2D eigenvalue weighted by Crippen LogP contribution is 2.45. The quantitative estimate of drug-likeness (QED) is 0.694. The normalized spacial score (nSPS) is 39.4. The largest absolute Gasteiger partial charge is 0.378 e. The van der Waals surface area contributed by atoms with Gasteiger partial charge in [-0.05, 0) is 49.9 Å². The summed E-state index contributed by atoms with van der Waals surface area (Å²) in [6.45, 7) is 1.05. The van der Waals surface area contributed by atoms with Gasteiger partial charge >= 0.3 is 0 Å². The van der Waals surface area contributed by atoms with E-state index in [1.165, 1.54) is 64.2 Å². The Morgan fingerprint density at radius 1 is 0.875 bits per heavy atom. The van der Waals surface area contributed by atoms with Gasteiger partial charge in [-0.3, -0.25) is 0 Å². The van der Waals surface area contributed by atoms with Crippen LogP contribution in [0.3, 0.4) is 0 Å². The van der Waals surface area contributed by atoms with Crippen molar-refractivity contribution >= 4 is 0 Å². The Hall–Kier alpha value is -0.0400. The lowest BCUT2D eigenvalue weighted by Crippen LogP contribution is -2.22. The zero-order valence-electron chi connectivity index (χ0n) is 10.5. The van der Waals surface area contributed by atoms with Crippen molar-refractivity contribution in [2.24, 2.45) is 17.8 Å². The van der Waals surface area contributed by atoms with Gasteiger partial charge in [0.25, 0.3) is 0 Å². The van der Waals surface area contributed by atoms with Crippen molar-refractivity contribution in [1.29, 1.82) is 0 Å². The predicted molar refractivity (Wildman–Crippen MR) is 66.4 cm³/mol. The summed E-state index contributed by atoms with van der Waals surface area (Å²) in [6, 6.07) is 0. The molecule has 3 fully saturated rings. The fourth-order valence-electron chi connectivity index (χ4n) is 4.25. The fraction of sp³-hybridized carbons (Fsp3) is 1.00. The van der Waals surface area contributed by atoms with Crippen molar-refractivity contribution in [1.82, 2.24) is 0 Å². The van der Waals surface area contributed by atoms with E-state index in [0.717, 1.165) is 24.4 Å². The molecule has 92 valence electrons. The molecule has 0 amide bonds. The van der Waals surface area contributed by atoms with Gasteiger partial charge in [0.15, 0.2) is 0 Å². The van der Waals surface area contributed by atoms with Crippen LogP contribution in [0.4, 0.5) is 0 Å². The molecule has 0 aromatic rings. The summed E-state index contributed by atoms with van der Waals surface area (Å²) in [5.41, 5.74) is 0. The third kappa shape index (κ3) is 2.45. The highest BCUT2D eigenvalue weighted by molar-refractivity contribution is 4.90. The Morgan fingerprint density at radius 3 is 2.44 bits per heavy atom. The molecule has 3 saturated carbocycles. The van der Waals surface area contributed by atoms with Gasteiger partial charge < -0.3 is 4.74 Å². The maximum Gasteiger partial charge on any atom is 0.0606 e. The Morgan fingerprint density at radius 2 is 1.75 bits per heavy atom. The molecular formula is C15H26O. The van der Waals surface area contributed by atoms with E-state index in [4.69, 9.17) is 4.74 Å². The average Bonchev–Trinajstić information content (AvgIpc) is 2.92. The standard InChI is InChI=1S/C15H26O/c1-2-4-12(5-3-1)8-9-16-15-11-13-6-7-14(15)10-13/h12-15H,1-11H2. The summed E-state index contributed by atoms with van der Waals surface area (Å²) in [5.74, 6) is 2.97. The van der Waals surface area contributed by atoms with Crippen LogP contribution < -0.4 is 0 Å². The fourth-order valence-corrected chi connectivity index (χ4v) is 4.25. The summed E-state index contributed by atoms with van der Waals surface area (Å²) >= 11 is 0. The smallest absolute Gasteiger partial charge is 0.0606 e. The minimum Gasteiger partial charge on any atom is -0.378 e. The molecular weight excluding hydrogens is 196 g/mol. The minimum absolute atomic E-state index is 0.655. The Bertz CT molecular complexity index is 219. The number of hydrogen-bond acceptors (Lipinski definition) is 1. The second-order valence-corrected chi connectivity index (χ2v) is 6.38. The van der Waals surface area contributed by atoms with Crippen molar-refractivity contribution in [2.75, 3.05) is 6.61 Å². The molecule has 0 aliphatic heterocycles. The van der Waals surface area contributed by atoms with E-state index in [0.29, 0.717) is 6.10 Å². The molecule has 0 spiro atoms. The second kappa shape index (κ2) is 5.08. The molecule has 0 aromatic carbocycles. The first kappa shape index (κ1) is 11.1. The van der Waals surface area contributed by atoms with E-state index in [9.17, 15) is 0 Å². The highest BCUT2D eigenvalue weighted by atomic mass is 16.5. The van der Waals surface area contributed by atoms with E-state index in [1.54, 1.807) is 0 Å². The van der Waals surface area contributed by atoms with Gasteiger partial charge in [0, 0.05) is 6.61 Å². The first-order valence-corrected chi connectivity index (χ1v) is 7.53. The van der Waals surface area contributed by atoms with E-state index in [1.807, 2.05) is 0 Å². The summed E-state index contributed by atoms with van der Waals surface area (Å²) in [5, 5.41) is 0. The van der Waals surface area contributed by atoms with Crippen molar-refractivity contribution < 1.29 is 4.74 Å². The lowest BCUT2D eigenvalue weighted by atomic mass is 9.87. The third-order valence-electron chi connectivity index (χ3n) is 5.26. The molecule has 0 aromatic heterocycles. The number of fused-ring (bicyclic) bond motifs is 2. The number of rotatable bonds is 4. The minimum atomic E-state index is 0.655. The highest BCUT2D eigenvalue weighted by Gasteiger charge is 2.39. The first-order valence-electron chi connectivity index (χ1n) is 7.53. The summed E-state index contributed by atoms with van der Waals surface area (Å²) in [4.78, 5) is 0. The van der Waals surface area contributed by atoms with Gasteiger partial charge in [-0.15, -0.1) is 0 Å². The van der Waals surface area contributed by atoms with E-state index < -0.39 is 0 Å². The van der Waals surface area contributed by atoms with E-state index >= 15 is 0 Å². The van der Waals surface area contributed by atoms with Gasteiger partial charge in [-0.2, -0.15) is 0 Å². The molecule has 1 nitrogen and oxygen atoms in total. The van der Waals surface area contributed by atoms with Crippen molar-refractivity contribution in [3.63, 3.8) is 0 Å². The van der Waals surface area contributed by atoms with Crippen LogP contribution in [0.5, 0.6) is 0 Å². The molecule has 3 rings (SSSR count). The Kier molecular flexibility index (Phi) is 3.51. The SMILES string of the molecule is C1CCC(CCOC2CC3CCC2C3)CC1. The van der Waals surface area contributed by atoms with Crippen molar-refractivity contribution in [2.45, 2.75) is 70.3 Å². The van der Waals surface area contributed by atoms with Crippen LogP contribution in [-0.2, 0) is 4.74 Å². The molecule has 0 heterocycles. The molecule has 0 N–H and O–H groups in total. The van der Waals surface area contributed by atoms with E-state index in [2.05, 4.69) is 0 Å². The van der Waals surface area contributed by atoms with Gasteiger partial charge in [-0.25, -0.2) is 0 Å². The topological polar surface area (TPSA) is 9.23 Å². The lowest BCUT2D eigenvalue weighted by Gasteiger charge is -2.25. The third-order valence-corrected chi connectivity index (χ3v) is 5.26. The molecule has 3 aliphatic rings. The predicted octanol–water partition coefficient (Wildman–Crippen LogP) is 4.16. The van der Waals surface area contributed by atoms with Crippen LogP contribution in [0.25, 0.3) is 0 Å². The Labute approximate surface area is 99.9 Å². The lowest BCUT2D eigenvalue weighted by molar-refractivity contribution is 0.00803. The molecule has 2 bridgehead atoms. The van der Waals surface area contributed by atoms with Crippen LogP contribution in [-0.4, -0.2) is 12.7 Å². The summed E-state index contributed by atoms with van der Waals surface area (Å²) < 4.78 is 6.14. The molecule has 3 aliphatic carbocycles. The molecule has 1 heteroatoms. The number of ether oxygens (including phenoxy) is 1. The van der Waals surface area contributed by atoms with Gasteiger partial charge in [0.2, 0.25) is 0 Å². The second-order valence-electron chi connectivity index (χ2n) is 6.38. The summed E-state index contributed by atoms with van der Waals surface area (Å²) in [6.07, 6.45) is 15.2. The molecule has 3 unspecified atom stereocenters. The molecule has 16 heavy (non-hydrogen) atoms. The first-order chi connectivity index (χ1) is 7.92. The van der Waals surface area contributed by atoms with Gasteiger partial charge in [0.05, 0.1) is 6.10 Å².